The molecule has 1 aliphatic heterocycles. The topological polar surface area (TPSA) is 49.9 Å². The van der Waals surface area contributed by atoms with Gasteiger partial charge in [0.05, 0.1) is 0 Å². The number of aliphatic imine (C=N–C) groups is 2. The second-order valence-corrected chi connectivity index (χ2v) is 14.5. The molecular weight excluding hydrogens is 695 g/mol. The van der Waals surface area contributed by atoms with Gasteiger partial charge < -0.3 is 9.73 Å². The summed E-state index contributed by atoms with van der Waals surface area (Å²) in [5, 5.41) is 10.6. The van der Waals surface area contributed by atoms with Crippen molar-refractivity contribution < 1.29 is 4.42 Å². The number of fused-ring (bicyclic) bond motifs is 5. The number of nitrogens with zero attached hydrogens (tertiary/aromatic N) is 2. The van der Waals surface area contributed by atoms with E-state index in [2.05, 4.69) is 193 Å². The first-order valence-corrected chi connectivity index (χ1v) is 19.3. The molecule has 1 aliphatic rings. The Morgan fingerprint density at radius 2 is 1.07 bits per heavy atom. The fraction of sp³-hybridized carbons (Fsp3) is 0.0189. The van der Waals surface area contributed by atoms with Crippen LogP contribution in [0.2, 0.25) is 0 Å². The maximum Gasteiger partial charge on any atom is 0.159 e. The van der Waals surface area contributed by atoms with Crippen LogP contribution in [-0.2, 0) is 0 Å². The fourth-order valence-corrected chi connectivity index (χ4v) is 8.39. The molecule has 1 aromatic heterocycles. The van der Waals surface area contributed by atoms with E-state index in [0.717, 1.165) is 66.5 Å². The third kappa shape index (κ3) is 5.78. The molecule has 1 unspecified atom stereocenters. The number of hydrogen-bond acceptors (Lipinski definition) is 4. The molecule has 0 saturated carbocycles. The average Bonchev–Trinajstić information content (AvgIpc) is 3.68. The highest BCUT2D eigenvalue weighted by Crippen LogP contribution is 2.40. The van der Waals surface area contributed by atoms with Crippen molar-refractivity contribution in [2.75, 3.05) is 0 Å². The lowest BCUT2D eigenvalue weighted by molar-refractivity contribution is 0.668. The molecular formula is C53H35N3O. The molecule has 1 N–H and O–H groups in total. The van der Waals surface area contributed by atoms with E-state index in [1.165, 1.54) is 32.8 Å². The minimum atomic E-state index is -0.425. The molecule has 0 amide bonds. The highest BCUT2D eigenvalue weighted by molar-refractivity contribution is 6.23. The molecule has 4 heteroatoms. The summed E-state index contributed by atoms with van der Waals surface area (Å²) in [7, 11) is 0. The zero-order valence-corrected chi connectivity index (χ0v) is 30.9. The Hall–Kier alpha value is -7.56. The van der Waals surface area contributed by atoms with Crippen LogP contribution in [0.1, 0.15) is 22.9 Å². The van der Waals surface area contributed by atoms with E-state index in [0.29, 0.717) is 5.84 Å². The van der Waals surface area contributed by atoms with Gasteiger partial charge in [0.1, 0.15) is 23.2 Å². The molecule has 0 bridgehead atoms. The van der Waals surface area contributed by atoms with Gasteiger partial charge >= 0.3 is 0 Å². The van der Waals surface area contributed by atoms with Crippen LogP contribution < -0.4 is 5.32 Å². The van der Waals surface area contributed by atoms with Gasteiger partial charge in [-0.25, -0.2) is 9.98 Å². The van der Waals surface area contributed by atoms with E-state index in [1.54, 1.807) is 0 Å². The van der Waals surface area contributed by atoms with Crippen molar-refractivity contribution in [1.29, 1.82) is 0 Å². The summed E-state index contributed by atoms with van der Waals surface area (Å²) in [4.78, 5) is 10.7. The van der Waals surface area contributed by atoms with Crippen LogP contribution in [0, 0.1) is 0 Å². The SMILES string of the molecule is c1ccc(-c2ccc(C3N=C(c4ccc5ccccc5c4)N=C(c4cccc5oc6c(-c7ccccc7)cccc6c45)N3)cc2-c2cccc3ccccc23)cc1. The van der Waals surface area contributed by atoms with Crippen molar-refractivity contribution in [2.24, 2.45) is 9.98 Å². The molecule has 0 aliphatic carbocycles. The summed E-state index contributed by atoms with van der Waals surface area (Å²) in [6, 6.07) is 70.5. The van der Waals surface area contributed by atoms with Gasteiger partial charge in [0.15, 0.2) is 5.84 Å². The number of para-hydroxylation sites is 1. The zero-order chi connectivity index (χ0) is 37.7. The molecule has 2 heterocycles. The predicted octanol–water partition coefficient (Wildman–Crippen LogP) is 13.4. The Morgan fingerprint density at radius 3 is 1.91 bits per heavy atom. The molecule has 0 radical (unpaired) electrons. The quantitative estimate of drug-likeness (QED) is 0.185. The van der Waals surface area contributed by atoms with Crippen LogP contribution in [0.15, 0.2) is 215 Å². The summed E-state index contributed by atoms with van der Waals surface area (Å²) < 4.78 is 6.68. The van der Waals surface area contributed by atoms with Crippen LogP contribution in [0.5, 0.6) is 0 Å². The summed E-state index contributed by atoms with van der Waals surface area (Å²) in [6.45, 7) is 0. The molecule has 0 saturated heterocycles. The van der Waals surface area contributed by atoms with Crippen molar-refractivity contribution in [3.63, 3.8) is 0 Å². The molecule has 10 aromatic rings. The highest BCUT2D eigenvalue weighted by Gasteiger charge is 2.26. The van der Waals surface area contributed by atoms with E-state index in [1.807, 2.05) is 12.1 Å². The fourth-order valence-electron chi connectivity index (χ4n) is 8.39. The van der Waals surface area contributed by atoms with E-state index >= 15 is 0 Å². The first kappa shape index (κ1) is 32.8. The number of rotatable bonds is 6. The average molecular weight is 730 g/mol. The maximum absolute atomic E-state index is 6.68. The Morgan fingerprint density at radius 1 is 0.421 bits per heavy atom. The zero-order valence-electron chi connectivity index (χ0n) is 30.9. The van der Waals surface area contributed by atoms with Gasteiger partial charge in [-0.05, 0) is 73.1 Å². The maximum atomic E-state index is 6.68. The van der Waals surface area contributed by atoms with Crippen LogP contribution >= 0.6 is 0 Å². The normalized spacial score (nSPS) is 14.1. The number of amidine groups is 2. The number of hydrogen-bond donors (Lipinski definition) is 1. The van der Waals surface area contributed by atoms with Crippen LogP contribution in [0.4, 0.5) is 0 Å². The predicted molar refractivity (Wildman–Crippen MR) is 237 cm³/mol. The Labute approximate surface area is 330 Å². The van der Waals surface area contributed by atoms with Gasteiger partial charge in [0.2, 0.25) is 0 Å². The van der Waals surface area contributed by atoms with E-state index in [9.17, 15) is 0 Å². The molecule has 9 aromatic carbocycles. The smallest absolute Gasteiger partial charge is 0.159 e. The summed E-state index contributed by atoms with van der Waals surface area (Å²) in [5.41, 5.74) is 11.5. The highest BCUT2D eigenvalue weighted by atomic mass is 16.3. The summed E-state index contributed by atoms with van der Waals surface area (Å²) in [5.74, 6) is 1.42. The van der Waals surface area contributed by atoms with Crippen LogP contribution in [-0.4, -0.2) is 11.7 Å². The molecule has 268 valence electrons. The lowest BCUT2D eigenvalue weighted by Gasteiger charge is -2.25. The van der Waals surface area contributed by atoms with Crippen molar-refractivity contribution in [3.8, 4) is 33.4 Å². The minimum absolute atomic E-state index is 0.425. The largest absolute Gasteiger partial charge is 0.455 e. The standard InChI is InChI=1S/C53H35N3O/c1-3-15-35(16-4-1)42-31-30-40(33-47(42)44-24-11-21-36-19-9-10-22-41(36)44)52-54-51(39-29-28-34-14-7-8-20-38(34)32-39)55-53(56-52)46-26-13-27-48-49(46)45-25-12-23-43(50(45)57-48)37-17-5-2-6-18-37/h1-33,52H,(H,54,55,56). The lowest BCUT2D eigenvalue weighted by atomic mass is 9.89. The van der Waals surface area contributed by atoms with Crippen molar-refractivity contribution in [1.82, 2.24) is 5.32 Å². The number of nitrogens with one attached hydrogen (secondary N) is 1. The van der Waals surface area contributed by atoms with Gasteiger partial charge in [0.25, 0.3) is 0 Å². The first-order chi connectivity index (χ1) is 28.2. The van der Waals surface area contributed by atoms with Crippen LogP contribution in [0.3, 0.4) is 0 Å². The molecule has 0 fully saturated rings. The van der Waals surface area contributed by atoms with Crippen molar-refractivity contribution in [2.45, 2.75) is 6.17 Å². The third-order valence-electron chi connectivity index (χ3n) is 11.1. The van der Waals surface area contributed by atoms with E-state index in [4.69, 9.17) is 14.4 Å². The molecule has 4 nitrogen and oxygen atoms in total. The summed E-state index contributed by atoms with van der Waals surface area (Å²) >= 11 is 0. The second kappa shape index (κ2) is 13.6. The van der Waals surface area contributed by atoms with Gasteiger partial charge in [-0.1, -0.05) is 182 Å². The molecule has 1 atom stereocenters. The molecule has 11 rings (SSSR count). The van der Waals surface area contributed by atoms with E-state index in [-0.39, 0.29) is 0 Å². The van der Waals surface area contributed by atoms with Crippen molar-refractivity contribution >= 4 is 55.2 Å². The number of furan rings is 1. The van der Waals surface area contributed by atoms with Gasteiger partial charge in [-0.3, -0.25) is 0 Å². The molecule has 0 spiro atoms. The monoisotopic (exact) mass is 729 g/mol. The third-order valence-corrected chi connectivity index (χ3v) is 11.1. The Balaban J connectivity index is 1.11. The molecule has 57 heavy (non-hydrogen) atoms. The first-order valence-electron chi connectivity index (χ1n) is 19.3. The van der Waals surface area contributed by atoms with Crippen molar-refractivity contribution in [3.05, 3.63) is 217 Å². The van der Waals surface area contributed by atoms with Gasteiger partial charge in [0, 0.05) is 27.5 Å². The summed E-state index contributed by atoms with van der Waals surface area (Å²) in [6.07, 6.45) is -0.425. The Bertz CT molecular complexity index is 3210. The van der Waals surface area contributed by atoms with Gasteiger partial charge in [-0.15, -0.1) is 0 Å². The Kier molecular flexibility index (Phi) is 7.85. The number of benzene rings is 9. The van der Waals surface area contributed by atoms with Gasteiger partial charge in [-0.2, -0.15) is 0 Å². The van der Waals surface area contributed by atoms with Crippen LogP contribution in [0.25, 0.3) is 76.9 Å². The lowest BCUT2D eigenvalue weighted by Crippen LogP contribution is -2.33. The van der Waals surface area contributed by atoms with E-state index < -0.39 is 6.17 Å². The minimum Gasteiger partial charge on any atom is -0.455 e. The second-order valence-electron chi connectivity index (χ2n) is 14.5.